The molecule has 2 aliphatic rings. The summed E-state index contributed by atoms with van der Waals surface area (Å²) in [7, 11) is 0. The van der Waals surface area contributed by atoms with Crippen LogP contribution in [0.15, 0.2) is 18.2 Å². The molecule has 2 fully saturated rings. The van der Waals surface area contributed by atoms with Gasteiger partial charge in [0.05, 0.1) is 0 Å². The van der Waals surface area contributed by atoms with Crippen molar-refractivity contribution >= 4 is 12.4 Å². The minimum atomic E-state index is -0.388. The van der Waals surface area contributed by atoms with Gasteiger partial charge in [0.1, 0.15) is 11.6 Å². The standard InChI is InChI=1S/C16H22F2N2.ClH/c17-13-6-3-7-14(18)15(13)16(12-4-1-2-5-12)20-10-8-19-9-11-20;/h3,6-7,12,16,19H,1-2,4-5,8-11H2;1H/t16-;/m1./s1. The Morgan fingerprint density at radius 2 is 1.62 bits per heavy atom. The summed E-state index contributed by atoms with van der Waals surface area (Å²) >= 11 is 0. The molecule has 118 valence electrons. The molecule has 1 saturated carbocycles. The van der Waals surface area contributed by atoms with Crippen LogP contribution in [0.1, 0.15) is 37.3 Å². The number of hydrogen-bond acceptors (Lipinski definition) is 2. The van der Waals surface area contributed by atoms with Gasteiger partial charge in [0, 0.05) is 37.8 Å². The van der Waals surface area contributed by atoms with Crippen LogP contribution in [0.2, 0.25) is 0 Å². The van der Waals surface area contributed by atoms with Crippen LogP contribution < -0.4 is 5.32 Å². The maximum Gasteiger partial charge on any atom is 0.130 e. The fraction of sp³-hybridized carbons (Fsp3) is 0.625. The van der Waals surface area contributed by atoms with Crippen molar-refractivity contribution in [2.45, 2.75) is 31.7 Å². The molecule has 1 aromatic rings. The van der Waals surface area contributed by atoms with Gasteiger partial charge in [-0.3, -0.25) is 4.90 Å². The topological polar surface area (TPSA) is 15.3 Å². The molecular formula is C16H23ClF2N2. The van der Waals surface area contributed by atoms with Crippen molar-refractivity contribution in [3.63, 3.8) is 0 Å². The third kappa shape index (κ3) is 3.55. The van der Waals surface area contributed by atoms with Crippen LogP contribution in [0.5, 0.6) is 0 Å². The Morgan fingerprint density at radius 3 is 2.19 bits per heavy atom. The normalized spacial score (nSPS) is 22.0. The Hall–Kier alpha value is -0.710. The first-order valence-electron chi connectivity index (χ1n) is 7.66. The van der Waals surface area contributed by atoms with E-state index < -0.39 is 0 Å². The molecule has 1 aliphatic carbocycles. The van der Waals surface area contributed by atoms with Gasteiger partial charge in [0.15, 0.2) is 0 Å². The number of hydrogen-bond donors (Lipinski definition) is 1. The summed E-state index contributed by atoms with van der Waals surface area (Å²) in [5.41, 5.74) is 0.293. The van der Waals surface area contributed by atoms with Crippen molar-refractivity contribution in [1.29, 1.82) is 0 Å². The molecule has 1 saturated heterocycles. The number of benzene rings is 1. The van der Waals surface area contributed by atoms with Gasteiger partial charge in [0.2, 0.25) is 0 Å². The Labute approximate surface area is 131 Å². The summed E-state index contributed by atoms with van der Waals surface area (Å²) in [6.07, 6.45) is 4.54. The molecule has 1 N–H and O–H groups in total. The van der Waals surface area contributed by atoms with E-state index in [1.807, 2.05) is 0 Å². The van der Waals surface area contributed by atoms with Gasteiger partial charge in [0.25, 0.3) is 0 Å². The number of nitrogens with zero attached hydrogens (tertiary/aromatic N) is 1. The molecule has 1 atom stereocenters. The SMILES string of the molecule is Cl.Fc1cccc(F)c1[C@@H](C1CCCC1)N1CCNCC1. The molecule has 0 unspecified atom stereocenters. The van der Waals surface area contributed by atoms with Crippen molar-refractivity contribution in [2.24, 2.45) is 5.92 Å². The predicted octanol–water partition coefficient (Wildman–Crippen LogP) is 3.52. The van der Waals surface area contributed by atoms with Crippen molar-refractivity contribution < 1.29 is 8.78 Å². The van der Waals surface area contributed by atoms with Gasteiger partial charge in [-0.25, -0.2) is 8.78 Å². The van der Waals surface area contributed by atoms with Gasteiger partial charge < -0.3 is 5.32 Å². The van der Waals surface area contributed by atoms with E-state index in [0.29, 0.717) is 11.5 Å². The zero-order valence-corrected chi connectivity index (χ0v) is 13.0. The maximum absolute atomic E-state index is 14.2. The minimum Gasteiger partial charge on any atom is -0.314 e. The molecule has 0 amide bonds. The third-order valence-corrected chi connectivity index (χ3v) is 4.69. The zero-order valence-electron chi connectivity index (χ0n) is 12.2. The Morgan fingerprint density at radius 1 is 1.05 bits per heavy atom. The van der Waals surface area contributed by atoms with Crippen LogP contribution in [-0.2, 0) is 0 Å². The predicted molar refractivity (Wildman–Crippen MR) is 82.7 cm³/mol. The summed E-state index contributed by atoms with van der Waals surface area (Å²) in [6.45, 7) is 3.54. The van der Waals surface area contributed by atoms with Crippen molar-refractivity contribution in [3.05, 3.63) is 35.4 Å². The smallest absolute Gasteiger partial charge is 0.130 e. The Kier molecular flexibility index (Phi) is 5.97. The number of halogens is 3. The largest absolute Gasteiger partial charge is 0.314 e. The van der Waals surface area contributed by atoms with E-state index in [4.69, 9.17) is 0 Å². The molecule has 0 bridgehead atoms. The van der Waals surface area contributed by atoms with Gasteiger partial charge in [-0.05, 0) is 30.9 Å². The highest BCUT2D eigenvalue weighted by molar-refractivity contribution is 5.85. The molecule has 0 spiro atoms. The molecular weight excluding hydrogens is 294 g/mol. The Bertz CT molecular complexity index is 437. The lowest BCUT2D eigenvalue weighted by Gasteiger charge is -2.38. The van der Waals surface area contributed by atoms with Crippen molar-refractivity contribution in [1.82, 2.24) is 10.2 Å². The van der Waals surface area contributed by atoms with E-state index in [1.54, 1.807) is 0 Å². The molecule has 21 heavy (non-hydrogen) atoms. The highest BCUT2D eigenvalue weighted by atomic mass is 35.5. The minimum absolute atomic E-state index is 0. The lowest BCUT2D eigenvalue weighted by Crippen LogP contribution is -2.47. The van der Waals surface area contributed by atoms with Gasteiger partial charge in [-0.1, -0.05) is 18.9 Å². The molecule has 3 rings (SSSR count). The zero-order chi connectivity index (χ0) is 13.9. The second-order valence-corrected chi connectivity index (χ2v) is 5.91. The first kappa shape index (κ1) is 16.7. The monoisotopic (exact) mass is 316 g/mol. The molecule has 0 aromatic heterocycles. The van der Waals surface area contributed by atoms with Crippen LogP contribution in [0.4, 0.5) is 8.78 Å². The number of rotatable bonds is 3. The van der Waals surface area contributed by atoms with Crippen LogP contribution in [0.25, 0.3) is 0 Å². The fourth-order valence-electron chi connectivity index (χ4n) is 3.74. The average Bonchev–Trinajstić information content (AvgIpc) is 2.98. The first-order valence-corrected chi connectivity index (χ1v) is 7.66. The van der Waals surface area contributed by atoms with E-state index in [0.717, 1.165) is 39.0 Å². The van der Waals surface area contributed by atoms with Crippen LogP contribution in [0, 0.1) is 17.6 Å². The summed E-state index contributed by atoms with van der Waals surface area (Å²) in [5, 5.41) is 3.31. The van der Waals surface area contributed by atoms with Gasteiger partial charge >= 0.3 is 0 Å². The lowest BCUT2D eigenvalue weighted by atomic mass is 9.89. The summed E-state index contributed by atoms with van der Waals surface area (Å²) < 4.78 is 28.5. The summed E-state index contributed by atoms with van der Waals surface area (Å²) in [5.74, 6) is -0.389. The summed E-state index contributed by atoms with van der Waals surface area (Å²) in [4.78, 5) is 2.27. The highest BCUT2D eigenvalue weighted by Gasteiger charge is 2.35. The van der Waals surface area contributed by atoms with Crippen LogP contribution >= 0.6 is 12.4 Å². The van der Waals surface area contributed by atoms with E-state index in [1.165, 1.54) is 31.0 Å². The quantitative estimate of drug-likeness (QED) is 0.918. The lowest BCUT2D eigenvalue weighted by molar-refractivity contribution is 0.119. The first-order chi connectivity index (χ1) is 9.77. The second kappa shape index (κ2) is 7.52. The highest BCUT2D eigenvalue weighted by Crippen LogP contribution is 2.41. The number of piperazine rings is 1. The Balaban J connectivity index is 0.00000161. The van der Waals surface area contributed by atoms with Crippen LogP contribution in [-0.4, -0.2) is 31.1 Å². The van der Waals surface area contributed by atoms with Crippen molar-refractivity contribution in [3.8, 4) is 0 Å². The van der Waals surface area contributed by atoms with Gasteiger partial charge in [-0.15, -0.1) is 12.4 Å². The summed E-state index contributed by atoms with van der Waals surface area (Å²) in [6, 6.07) is 4.14. The molecule has 1 heterocycles. The number of nitrogens with one attached hydrogen (secondary N) is 1. The van der Waals surface area contributed by atoms with E-state index in [2.05, 4.69) is 10.2 Å². The molecule has 0 radical (unpaired) electrons. The van der Waals surface area contributed by atoms with E-state index >= 15 is 0 Å². The molecule has 5 heteroatoms. The van der Waals surface area contributed by atoms with Crippen molar-refractivity contribution in [2.75, 3.05) is 26.2 Å². The van der Waals surface area contributed by atoms with E-state index in [-0.39, 0.29) is 30.1 Å². The fourth-order valence-corrected chi connectivity index (χ4v) is 3.74. The average molecular weight is 317 g/mol. The molecule has 2 nitrogen and oxygen atoms in total. The molecule has 1 aromatic carbocycles. The second-order valence-electron chi connectivity index (χ2n) is 5.91. The maximum atomic E-state index is 14.2. The van der Waals surface area contributed by atoms with E-state index in [9.17, 15) is 8.78 Å². The third-order valence-electron chi connectivity index (χ3n) is 4.69. The van der Waals surface area contributed by atoms with Crippen LogP contribution in [0.3, 0.4) is 0 Å². The van der Waals surface area contributed by atoms with Gasteiger partial charge in [-0.2, -0.15) is 0 Å². The molecule has 1 aliphatic heterocycles.